The van der Waals surface area contributed by atoms with Crippen LogP contribution in [0.1, 0.15) is 33.1 Å². The number of phenols is 1. The van der Waals surface area contributed by atoms with Gasteiger partial charge in [-0.25, -0.2) is 0 Å². The van der Waals surface area contributed by atoms with Gasteiger partial charge in [0.05, 0.1) is 16.7 Å². The summed E-state index contributed by atoms with van der Waals surface area (Å²) < 4.78 is 5.52. The second kappa shape index (κ2) is 8.93. The Morgan fingerprint density at radius 1 is 1.25 bits per heavy atom. The molecule has 1 N–H and O–H groups in total. The first-order valence-electron chi connectivity index (χ1n) is 6.49. The van der Waals surface area contributed by atoms with E-state index < -0.39 is 0 Å². The van der Waals surface area contributed by atoms with Crippen LogP contribution in [0.3, 0.4) is 0 Å². The molecule has 0 aromatic heterocycles. The Morgan fingerprint density at radius 2 is 1.90 bits per heavy atom. The van der Waals surface area contributed by atoms with Gasteiger partial charge in [0.15, 0.2) is 5.75 Å². The zero-order valence-electron chi connectivity index (χ0n) is 11.6. The first-order chi connectivity index (χ1) is 9.50. The standard InChI is InChI=1S/C14H19Cl2NO3/c1-10(2)20-17-6-4-3-5-7-19-14-12(15)8-11(18)9-13(14)16/h6,8-10,18H,3-5,7H2,1-2H3. The fourth-order valence-corrected chi connectivity index (χ4v) is 2.00. The molecular weight excluding hydrogens is 301 g/mol. The fraction of sp³-hybridized carbons (Fsp3) is 0.500. The van der Waals surface area contributed by atoms with Gasteiger partial charge in [-0.05, 0) is 33.1 Å². The van der Waals surface area contributed by atoms with Gasteiger partial charge in [0, 0.05) is 18.3 Å². The van der Waals surface area contributed by atoms with Crippen LogP contribution < -0.4 is 4.74 Å². The Balaban J connectivity index is 2.23. The van der Waals surface area contributed by atoms with Gasteiger partial charge in [-0.1, -0.05) is 28.4 Å². The summed E-state index contributed by atoms with van der Waals surface area (Å²) in [5, 5.41) is 13.7. The van der Waals surface area contributed by atoms with Crippen molar-refractivity contribution in [2.75, 3.05) is 6.61 Å². The number of unbranched alkanes of at least 4 members (excludes halogenated alkanes) is 2. The number of ether oxygens (including phenoxy) is 1. The van der Waals surface area contributed by atoms with E-state index in [1.54, 1.807) is 6.21 Å². The van der Waals surface area contributed by atoms with Crippen LogP contribution in [0.4, 0.5) is 0 Å². The molecule has 0 aliphatic carbocycles. The molecule has 1 aromatic carbocycles. The first kappa shape index (κ1) is 16.9. The van der Waals surface area contributed by atoms with Crippen molar-refractivity contribution >= 4 is 29.4 Å². The van der Waals surface area contributed by atoms with E-state index in [0.29, 0.717) is 22.4 Å². The van der Waals surface area contributed by atoms with Gasteiger partial charge in [0.2, 0.25) is 0 Å². The molecule has 0 atom stereocenters. The quantitative estimate of drug-likeness (QED) is 0.430. The number of halogens is 2. The van der Waals surface area contributed by atoms with Crippen molar-refractivity contribution in [3.8, 4) is 11.5 Å². The zero-order valence-corrected chi connectivity index (χ0v) is 13.1. The lowest BCUT2D eigenvalue weighted by Crippen LogP contribution is -1.99. The second-order valence-corrected chi connectivity index (χ2v) is 5.34. The SMILES string of the molecule is CC(C)ON=CCCCCOc1c(Cl)cc(O)cc1Cl. The maximum Gasteiger partial charge on any atom is 0.156 e. The van der Waals surface area contributed by atoms with Crippen molar-refractivity contribution in [1.82, 2.24) is 0 Å². The molecule has 0 unspecified atom stereocenters. The smallest absolute Gasteiger partial charge is 0.156 e. The number of aromatic hydroxyl groups is 1. The average molecular weight is 320 g/mol. The maximum absolute atomic E-state index is 9.30. The predicted molar refractivity (Wildman–Crippen MR) is 82.2 cm³/mol. The van der Waals surface area contributed by atoms with Gasteiger partial charge < -0.3 is 14.7 Å². The third-order valence-corrected chi connectivity index (χ3v) is 2.86. The molecule has 0 aliphatic rings. The molecule has 0 bridgehead atoms. The van der Waals surface area contributed by atoms with Crippen molar-refractivity contribution in [3.05, 3.63) is 22.2 Å². The number of oxime groups is 1. The van der Waals surface area contributed by atoms with Gasteiger partial charge in [-0.3, -0.25) is 0 Å². The van der Waals surface area contributed by atoms with Gasteiger partial charge in [0.1, 0.15) is 11.9 Å². The van der Waals surface area contributed by atoms with Gasteiger partial charge in [-0.2, -0.15) is 0 Å². The number of hydrogen-bond acceptors (Lipinski definition) is 4. The summed E-state index contributed by atoms with van der Waals surface area (Å²) >= 11 is 11.9. The largest absolute Gasteiger partial charge is 0.508 e. The third-order valence-electron chi connectivity index (χ3n) is 2.30. The van der Waals surface area contributed by atoms with E-state index in [-0.39, 0.29) is 11.9 Å². The van der Waals surface area contributed by atoms with E-state index in [0.717, 1.165) is 19.3 Å². The minimum Gasteiger partial charge on any atom is -0.508 e. The monoisotopic (exact) mass is 319 g/mol. The molecule has 0 saturated heterocycles. The fourth-order valence-electron chi connectivity index (χ4n) is 1.41. The van der Waals surface area contributed by atoms with Crippen LogP contribution in [0.5, 0.6) is 11.5 Å². The van der Waals surface area contributed by atoms with Crippen molar-refractivity contribution in [3.63, 3.8) is 0 Å². The van der Waals surface area contributed by atoms with Gasteiger partial charge >= 0.3 is 0 Å². The van der Waals surface area contributed by atoms with E-state index in [1.807, 2.05) is 13.8 Å². The summed E-state index contributed by atoms with van der Waals surface area (Å²) in [4.78, 5) is 5.04. The van der Waals surface area contributed by atoms with Crippen LogP contribution in [0.25, 0.3) is 0 Å². The van der Waals surface area contributed by atoms with Crippen molar-refractivity contribution in [2.45, 2.75) is 39.2 Å². The van der Waals surface area contributed by atoms with Crippen LogP contribution in [-0.4, -0.2) is 24.0 Å². The Bertz CT molecular complexity index is 427. The summed E-state index contributed by atoms with van der Waals surface area (Å²) in [7, 11) is 0. The first-order valence-corrected chi connectivity index (χ1v) is 7.24. The van der Waals surface area contributed by atoms with Crippen molar-refractivity contribution in [1.29, 1.82) is 0 Å². The second-order valence-electron chi connectivity index (χ2n) is 4.52. The molecule has 0 spiro atoms. The minimum atomic E-state index is 0.0220. The third kappa shape index (κ3) is 6.35. The number of rotatable bonds is 8. The molecule has 0 heterocycles. The lowest BCUT2D eigenvalue weighted by molar-refractivity contribution is 0.0867. The van der Waals surface area contributed by atoms with E-state index >= 15 is 0 Å². The highest BCUT2D eigenvalue weighted by Crippen LogP contribution is 2.36. The zero-order chi connectivity index (χ0) is 15.0. The number of phenolic OH excluding ortho intramolecular Hbond substituents is 1. The molecule has 112 valence electrons. The Labute approximate surface area is 129 Å². The normalized spacial score (nSPS) is 11.2. The highest BCUT2D eigenvalue weighted by atomic mass is 35.5. The average Bonchev–Trinajstić information content (AvgIpc) is 2.34. The Morgan fingerprint density at radius 3 is 2.50 bits per heavy atom. The summed E-state index contributed by atoms with van der Waals surface area (Å²) in [5.74, 6) is 0.427. The molecule has 4 nitrogen and oxygen atoms in total. The molecule has 0 saturated carbocycles. The summed E-state index contributed by atoms with van der Waals surface area (Å²) in [6.45, 7) is 4.36. The lowest BCUT2D eigenvalue weighted by Gasteiger charge is -2.09. The molecule has 0 radical (unpaired) electrons. The number of hydrogen-bond donors (Lipinski definition) is 1. The van der Waals surface area contributed by atoms with Crippen LogP contribution in [0.2, 0.25) is 10.0 Å². The van der Waals surface area contributed by atoms with E-state index in [2.05, 4.69) is 5.16 Å². The molecule has 0 amide bonds. The summed E-state index contributed by atoms with van der Waals surface area (Å²) in [6, 6.07) is 2.80. The molecule has 1 rings (SSSR count). The molecule has 20 heavy (non-hydrogen) atoms. The van der Waals surface area contributed by atoms with E-state index in [1.165, 1.54) is 12.1 Å². The Hall–Kier alpha value is -1.13. The minimum absolute atomic E-state index is 0.0220. The molecule has 0 fully saturated rings. The van der Waals surface area contributed by atoms with Crippen LogP contribution >= 0.6 is 23.2 Å². The van der Waals surface area contributed by atoms with Gasteiger partial charge in [-0.15, -0.1) is 0 Å². The van der Waals surface area contributed by atoms with Crippen LogP contribution in [0, 0.1) is 0 Å². The van der Waals surface area contributed by atoms with Gasteiger partial charge in [0.25, 0.3) is 0 Å². The van der Waals surface area contributed by atoms with Crippen molar-refractivity contribution < 1.29 is 14.7 Å². The molecule has 6 heteroatoms. The summed E-state index contributed by atoms with van der Waals surface area (Å²) in [6.07, 6.45) is 4.46. The highest BCUT2D eigenvalue weighted by molar-refractivity contribution is 6.37. The lowest BCUT2D eigenvalue weighted by atomic mass is 10.2. The van der Waals surface area contributed by atoms with Crippen molar-refractivity contribution in [2.24, 2.45) is 5.16 Å². The summed E-state index contributed by atoms with van der Waals surface area (Å²) in [5.41, 5.74) is 0. The number of nitrogens with zero attached hydrogens (tertiary/aromatic N) is 1. The topological polar surface area (TPSA) is 51.0 Å². The highest BCUT2D eigenvalue weighted by Gasteiger charge is 2.09. The van der Waals surface area contributed by atoms with E-state index in [4.69, 9.17) is 32.8 Å². The molecular formula is C14H19Cl2NO3. The molecule has 1 aromatic rings. The number of benzene rings is 1. The predicted octanol–water partition coefficient (Wildman–Crippen LogP) is 4.66. The van der Waals surface area contributed by atoms with E-state index in [9.17, 15) is 5.11 Å². The van der Waals surface area contributed by atoms with Crippen LogP contribution in [-0.2, 0) is 4.84 Å². The maximum atomic E-state index is 9.30. The Kier molecular flexibility index (Phi) is 7.55. The van der Waals surface area contributed by atoms with Crippen LogP contribution in [0.15, 0.2) is 17.3 Å². The molecule has 0 aliphatic heterocycles.